The van der Waals surface area contributed by atoms with Gasteiger partial charge >= 0.3 is 11.6 Å². The molecule has 0 aromatic heterocycles. The van der Waals surface area contributed by atoms with Gasteiger partial charge in [-0.05, 0) is 62.3 Å². The number of aliphatic hydroxyl groups is 3. The molecule has 0 saturated carbocycles. The van der Waals surface area contributed by atoms with Crippen LogP contribution in [0.25, 0.3) is 0 Å². The molecule has 3 nitrogen and oxygen atoms in total. The Morgan fingerprint density at radius 3 is 0.867 bits per heavy atom. The first-order valence-electron chi connectivity index (χ1n) is 8.75. The van der Waals surface area contributed by atoms with Crippen LogP contribution in [0.1, 0.15) is 62.3 Å². The minimum Gasteiger partial charge on any atom is -0.391 e. The maximum Gasteiger partial charge on any atom is 0.361 e. The van der Waals surface area contributed by atoms with Crippen molar-refractivity contribution in [1.29, 1.82) is 0 Å². The molecule has 0 radical (unpaired) electrons. The third-order valence-electron chi connectivity index (χ3n) is 1.68. The summed E-state index contributed by atoms with van der Waals surface area (Å²) in [5.41, 5.74) is -1.50. The van der Waals surface area contributed by atoms with Gasteiger partial charge in [0.2, 0.25) is 0 Å². The van der Waals surface area contributed by atoms with E-state index in [1.165, 1.54) is 12.1 Å². The van der Waals surface area contributed by atoms with Gasteiger partial charge in [0.25, 0.3) is 8.80 Å². The normalized spacial score (nSPS) is 12.4. The van der Waals surface area contributed by atoms with E-state index in [9.17, 15) is 26.3 Å². The van der Waals surface area contributed by atoms with Gasteiger partial charge in [-0.1, -0.05) is 0 Å². The first-order chi connectivity index (χ1) is 12.2. The molecule has 0 heterocycles. The monoisotopic (exact) mass is 543 g/mol. The second-order valence-corrected chi connectivity index (χ2v) is 12.1. The molecular weight excluding hydrogens is 510 g/mol. The van der Waals surface area contributed by atoms with Crippen molar-refractivity contribution in [3.8, 4) is 0 Å². The molecule has 0 atom stereocenters. The summed E-state index contributed by atoms with van der Waals surface area (Å²) in [4.78, 5) is 0. The minimum absolute atomic E-state index is 0. The second kappa shape index (κ2) is 14.1. The van der Waals surface area contributed by atoms with E-state index < -0.39 is 42.4 Å². The van der Waals surface area contributed by atoms with E-state index in [-0.39, 0.29) is 26.2 Å². The van der Waals surface area contributed by atoms with Crippen LogP contribution in [0, 0.1) is 0 Å². The van der Waals surface area contributed by atoms with Crippen LogP contribution in [-0.2, 0) is 26.2 Å². The Morgan fingerprint density at radius 2 is 0.733 bits per heavy atom. The molecule has 1 rings (SSSR count). The van der Waals surface area contributed by atoms with Crippen LogP contribution in [0.4, 0.5) is 26.3 Å². The molecule has 0 aliphatic carbocycles. The van der Waals surface area contributed by atoms with Gasteiger partial charge in [-0.15, -0.1) is 5.19 Å². The van der Waals surface area contributed by atoms with Crippen molar-refractivity contribution < 1.29 is 67.9 Å². The summed E-state index contributed by atoms with van der Waals surface area (Å²) in [7, 11) is -4.92. The van der Waals surface area contributed by atoms with Crippen LogP contribution in [0.15, 0.2) is 24.3 Å². The largest absolute Gasteiger partial charge is 0.391 e. The third kappa shape index (κ3) is 38.5. The molecule has 0 saturated heterocycles. The molecule has 11 heteroatoms. The smallest absolute Gasteiger partial charge is 0.361 e. The van der Waals surface area contributed by atoms with Gasteiger partial charge in [-0.3, -0.25) is 0 Å². The number of halogens is 6. The quantitative estimate of drug-likeness (QED) is 0.280. The molecule has 0 fully saturated rings. The third-order valence-corrected chi connectivity index (χ3v) is 4.04. The van der Waals surface area contributed by atoms with E-state index in [0.717, 1.165) is 12.1 Å². The van der Waals surface area contributed by atoms with Crippen LogP contribution in [-0.4, -0.2) is 52.5 Å². The fourth-order valence-corrected chi connectivity index (χ4v) is 2.88. The Bertz CT molecular complexity index is 464. The first-order valence-corrected chi connectivity index (χ1v) is 10.5. The predicted octanol–water partition coefficient (Wildman–Crippen LogP) is 4.37. The van der Waals surface area contributed by atoms with Gasteiger partial charge in [0.1, 0.15) is 0 Å². The molecule has 3 N–H and O–H groups in total. The Balaban J connectivity index is -0.000000176. The Hall–Kier alpha value is -0.0900. The van der Waals surface area contributed by atoms with E-state index in [0.29, 0.717) is 0 Å². The molecular formula is C19H35F6O3SiZr-. The van der Waals surface area contributed by atoms with Crippen LogP contribution < -0.4 is 5.19 Å². The Kier molecular flexibility index (Phi) is 17.5. The first kappa shape index (κ1) is 37.2. The van der Waals surface area contributed by atoms with Gasteiger partial charge in [0, 0.05) is 26.2 Å². The molecule has 1 aromatic carbocycles. The van der Waals surface area contributed by atoms with Gasteiger partial charge < -0.3 is 15.3 Å². The van der Waals surface area contributed by atoms with Crippen molar-refractivity contribution in [2.75, 3.05) is 0 Å². The summed E-state index contributed by atoms with van der Waals surface area (Å²) in [5.74, 6) is -10.3. The maximum absolute atomic E-state index is 12.1. The van der Waals surface area contributed by atoms with Crippen molar-refractivity contribution in [2.45, 2.75) is 90.7 Å². The molecule has 30 heavy (non-hydrogen) atoms. The van der Waals surface area contributed by atoms with E-state index in [1.807, 2.05) is 0 Å². The fourth-order valence-electron chi connectivity index (χ4n) is 1.14. The molecule has 180 valence electrons. The van der Waals surface area contributed by atoms with E-state index >= 15 is 0 Å². The summed E-state index contributed by atoms with van der Waals surface area (Å²) in [6, 6.07) is 4.09. The van der Waals surface area contributed by atoms with E-state index in [1.54, 1.807) is 62.3 Å². The second-order valence-electron chi connectivity index (χ2n) is 9.25. The average molecular weight is 545 g/mol. The molecule has 1 aromatic rings. The van der Waals surface area contributed by atoms with Gasteiger partial charge in [0.15, 0.2) is 0 Å². The van der Waals surface area contributed by atoms with Crippen molar-refractivity contribution in [3.63, 3.8) is 0 Å². The zero-order valence-electron chi connectivity index (χ0n) is 19.0. The maximum atomic E-state index is 12.1. The predicted molar refractivity (Wildman–Crippen MR) is 107 cm³/mol. The summed E-state index contributed by atoms with van der Waals surface area (Å²) in [6.07, 6.45) is 0. The topological polar surface area (TPSA) is 60.7 Å². The summed E-state index contributed by atoms with van der Waals surface area (Å²) >= 11 is 0. The van der Waals surface area contributed by atoms with Crippen LogP contribution in [0.3, 0.4) is 0 Å². The fraction of sp³-hybridized carbons (Fsp3) is 0.737. The standard InChI is InChI=1S/C7H5F6Si.3C4H10O.Zr/c8-6(9,10)14(7(11,12)13)5-3-1-2-4-5;3*1-4(2,3)5;/h1-4,14H;3*5H,1-3H3;/q-1;;;;. The average Bonchev–Trinajstić information content (AvgIpc) is 2.69. The zero-order chi connectivity index (χ0) is 24.5. The summed E-state index contributed by atoms with van der Waals surface area (Å²) < 4.78 is 72.7. The SMILES string of the molecule is CC(C)(C)O.CC(C)(C)O.CC(C)(C)O.FC(F)(F)[SiH]([c-]1cccc1)C(F)(F)F.[Zr]. The summed E-state index contributed by atoms with van der Waals surface area (Å²) in [6.45, 7) is 15.7. The minimum atomic E-state index is -5.16. The van der Waals surface area contributed by atoms with Crippen molar-refractivity contribution in [3.05, 3.63) is 24.3 Å². The zero-order valence-corrected chi connectivity index (χ0v) is 22.6. The molecule has 0 aliphatic heterocycles. The number of hydrogen-bond donors (Lipinski definition) is 3. The van der Waals surface area contributed by atoms with Gasteiger partial charge in [-0.2, -0.15) is 38.5 Å². The van der Waals surface area contributed by atoms with Gasteiger partial charge in [-0.25, -0.2) is 12.1 Å². The number of hydrogen-bond acceptors (Lipinski definition) is 3. The Morgan fingerprint density at radius 1 is 0.567 bits per heavy atom. The molecule has 0 bridgehead atoms. The van der Waals surface area contributed by atoms with E-state index in [2.05, 4.69) is 0 Å². The number of alkyl halides is 6. The van der Waals surface area contributed by atoms with Crippen LogP contribution in [0.2, 0.25) is 0 Å². The number of rotatable bonds is 1. The molecule has 0 spiro atoms. The van der Waals surface area contributed by atoms with Crippen LogP contribution in [0.5, 0.6) is 0 Å². The molecule has 0 unspecified atom stereocenters. The van der Waals surface area contributed by atoms with Crippen molar-refractivity contribution >= 4 is 14.0 Å². The van der Waals surface area contributed by atoms with Crippen molar-refractivity contribution in [2.24, 2.45) is 0 Å². The van der Waals surface area contributed by atoms with E-state index in [4.69, 9.17) is 15.3 Å². The summed E-state index contributed by atoms with van der Waals surface area (Å²) in [5, 5.41) is 24.9. The molecule has 0 aliphatic rings. The molecule has 0 amide bonds. The van der Waals surface area contributed by atoms with Gasteiger partial charge in [0.05, 0.1) is 16.8 Å². The van der Waals surface area contributed by atoms with Crippen molar-refractivity contribution in [1.82, 2.24) is 0 Å². The Labute approximate surface area is 196 Å². The van der Waals surface area contributed by atoms with Crippen LogP contribution >= 0.6 is 0 Å².